The molecule has 0 saturated heterocycles. The van der Waals surface area contributed by atoms with Crippen molar-refractivity contribution < 1.29 is 9.21 Å². The number of hydrogen-bond acceptors (Lipinski definition) is 4. The maximum absolute atomic E-state index is 12.1. The minimum absolute atomic E-state index is 0.226. The molecule has 0 aliphatic rings. The van der Waals surface area contributed by atoms with Crippen LogP contribution in [0.4, 0.5) is 5.69 Å². The van der Waals surface area contributed by atoms with E-state index < -0.39 is 0 Å². The molecule has 0 atom stereocenters. The molecular weight excluding hydrogens is 266 g/mol. The van der Waals surface area contributed by atoms with Crippen LogP contribution in [0.25, 0.3) is 0 Å². The third kappa shape index (κ3) is 3.50. The standard InChI is InChI=1S/C16H17N3O2/c1-3-13-9-12(5-4-8-17)6-7-14(13)19-16(20)15-11(2)18-10-21-15/h6-7,9-10H,3,8,17H2,1-2H3,(H,19,20). The molecule has 0 saturated carbocycles. The molecule has 1 heterocycles. The van der Waals surface area contributed by atoms with Crippen molar-refractivity contribution in [2.75, 3.05) is 11.9 Å². The summed E-state index contributed by atoms with van der Waals surface area (Å²) in [4.78, 5) is 16.0. The number of anilines is 1. The van der Waals surface area contributed by atoms with Crippen LogP contribution in [0.1, 0.15) is 34.3 Å². The summed E-state index contributed by atoms with van der Waals surface area (Å²) in [6.07, 6.45) is 2.04. The number of rotatable bonds is 3. The van der Waals surface area contributed by atoms with Crippen LogP contribution in [0.3, 0.4) is 0 Å². The van der Waals surface area contributed by atoms with E-state index in [0.717, 1.165) is 23.2 Å². The number of oxazole rings is 1. The molecule has 108 valence electrons. The van der Waals surface area contributed by atoms with Gasteiger partial charge in [0.25, 0.3) is 5.91 Å². The number of benzene rings is 1. The highest BCUT2D eigenvalue weighted by molar-refractivity contribution is 6.03. The molecule has 2 rings (SSSR count). The third-order valence-corrected chi connectivity index (χ3v) is 3.02. The zero-order valence-electron chi connectivity index (χ0n) is 12.1. The molecule has 5 nitrogen and oxygen atoms in total. The second-order valence-electron chi connectivity index (χ2n) is 4.45. The van der Waals surface area contributed by atoms with Crippen LogP contribution in [-0.2, 0) is 6.42 Å². The fourth-order valence-corrected chi connectivity index (χ4v) is 1.94. The summed E-state index contributed by atoms with van der Waals surface area (Å²) in [5.41, 5.74) is 8.56. The molecule has 21 heavy (non-hydrogen) atoms. The summed E-state index contributed by atoms with van der Waals surface area (Å²) < 4.78 is 5.09. The lowest BCUT2D eigenvalue weighted by molar-refractivity contribution is 0.0996. The van der Waals surface area contributed by atoms with Crippen LogP contribution >= 0.6 is 0 Å². The van der Waals surface area contributed by atoms with Crippen molar-refractivity contribution in [3.63, 3.8) is 0 Å². The van der Waals surface area contributed by atoms with Crippen LogP contribution in [0, 0.1) is 18.8 Å². The molecule has 0 unspecified atom stereocenters. The number of nitrogens with one attached hydrogen (secondary N) is 1. The Morgan fingerprint density at radius 3 is 2.90 bits per heavy atom. The van der Waals surface area contributed by atoms with E-state index >= 15 is 0 Å². The number of nitrogens with two attached hydrogens (primary N) is 1. The Morgan fingerprint density at radius 2 is 2.29 bits per heavy atom. The van der Waals surface area contributed by atoms with Gasteiger partial charge in [0.1, 0.15) is 0 Å². The highest BCUT2D eigenvalue weighted by Crippen LogP contribution is 2.19. The van der Waals surface area contributed by atoms with E-state index in [-0.39, 0.29) is 11.7 Å². The SMILES string of the molecule is CCc1cc(C#CCN)ccc1NC(=O)c1ocnc1C. The predicted molar refractivity (Wildman–Crippen MR) is 80.9 cm³/mol. The highest BCUT2D eigenvalue weighted by Gasteiger charge is 2.15. The Morgan fingerprint density at radius 1 is 1.48 bits per heavy atom. The molecule has 1 amide bonds. The maximum atomic E-state index is 12.1. The van der Waals surface area contributed by atoms with Crippen LogP contribution in [-0.4, -0.2) is 17.4 Å². The van der Waals surface area contributed by atoms with E-state index in [2.05, 4.69) is 22.1 Å². The molecule has 3 N–H and O–H groups in total. The number of aromatic nitrogens is 1. The highest BCUT2D eigenvalue weighted by atomic mass is 16.3. The molecule has 5 heteroatoms. The summed E-state index contributed by atoms with van der Waals surface area (Å²) in [5.74, 6) is 5.71. The van der Waals surface area contributed by atoms with E-state index in [1.54, 1.807) is 6.92 Å². The lowest BCUT2D eigenvalue weighted by atomic mass is 10.1. The average Bonchev–Trinajstić information content (AvgIpc) is 2.92. The Hall–Kier alpha value is -2.58. The Labute approximate surface area is 123 Å². The van der Waals surface area contributed by atoms with Crippen LogP contribution in [0.2, 0.25) is 0 Å². The van der Waals surface area contributed by atoms with Gasteiger partial charge in [0.15, 0.2) is 6.39 Å². The van der Waals surface area contributed by atoms with Gasteiger partial charge < -0.3 is 15.5 Å². The smallest absolute Gasteiger partial charge is 0.293 e. The van der Waals surface area contributed by atoms with Gasteiger partial charge in [0, 0.05) is 11.3 Å². The van der Waals surface area contributed by atoms with E-state index in [1.165, 1.54) is 6.39 Å². The zero-order chi connectivity index (χ0) is 15.2. The van der Waals surface area contributed by atoms with Gasteiger partial charge in [-0.05, 0) is 37.1 Å². The molecule has 0 aliphatic carbocycles. The monoisotopic (exact) mass is 283 g/mol. The minimum atomic E-state index is -0.305. The first-order chi connectivity index (χ1) is 10.2. The lowest BCUT2D eigenvalue weighted by Gasteiger charge is -2.09. The third-order valence-electron chi connectivity index (χ3n) is 3.02. The molecule has 0 aliphatic heterocycles. The second kappa shape index (κ2) is 6.73. The van der Waals surface area contributed by atoms with Gasteiger partial charge in [0.05, 0.1) is 12.2 Å². The summed E-state index contributed by atoms with van der Waals surface area (Å²) in [6, 6.07) is 5.64. The number of carbonyl (C=O) groups excluding carboxylic acids is 1. The number of nitrogens with zero attached hydrogens (tertiary/aromatic N) is 1. The van der Waals surface area contributed by atoms with Crippen molar-refractivity contribution in [1.29, 1.82) is 0 Å². The van der Waals surface area contributed by atoms with Gasteiger partial charge >= 0.3 is 0 Å². The Balaban J connectivity index is 2.24. The van der Waals surface area contributed by atoms with Crippen molar-refractivity contribution in [2.45, 2.75) is 20.3 Å². The van der Waals surface area contributed by atoms with E-state index in [1.807, 2.05) is 25.1 Å². The number of carbonyl (C=O) groups is 1. The first-order valence-corrected chi connectivity index (χ1v) is 6.69. The summed E-state index contributed by atoms with van der Waals surface area (Å²) in [5, 5.41) is 2.84. The first kappa shape index (κ1) is 14.8. The summed E-state index contributed by atoms with van der Waals surface area (Å²) in [6.45, 7) is 4.07. The van der Waals surface area contributed by atoms with Gasteiger partial charge in [-0.3, -0.25) is 4.79 Å². The van der Waals surface area contributed by atoms with E-state index in [0.29, 0.717) is 12.2 Å². The van der Waals surface area contributed by atoms with E-state index in [4.69, 9.17) is 10.2 Å². The topological polar surface area (TPSA) is 81.1 Å². The fourth-order valence-electron chi connectivity index (χ4n) is 1.94. The summed E-state index contributed by atoms with van der Waals surface area (Å²) >= 11 is 0. The molecule has 0 radical (unpaired) electrons. The molecule has 2 aromatic rings. The van der Waals surface area contributed by atoms with Crippen LogP contribution in [0.15, 0.2) is 29.0 Å². The number of hydrogen-bond donors (Lipinski definition) is 2. The minimum Gasteiger partial charge on any atom is -0.438 e. The number of aryl methyl sites for hydroxylation is 2. The summed E-state index contributed by atoms with van der Waals surface area (Å²) in [7, 11) is 0. The molecule has 0 fully saturated rings. The van der Waals surface area contributed by atoms with Crippen molar-refractivity contribution in [3.8, 4) is 11.8 Å². The zero-order valence-corrected chi connectivity index (χ0v) is 12.1. The van der Waals surface area contributed by atoms with Gasteiger partial charge in [-0.2, -0.15) is 0 Å². The largest absolute Gasteiger partial charge is 0.438 e. The van der Waals surface area contributed by atoms with Gasteiger partial charge in [-0.1, -0.05) is 18.8 Å². The van der Waals surface area contributed by atoms with Crippen LogP contribution < -0.4 is 11.1 Å². The van der Waals surface area contributed by atoms with Crippen molar-refractivity contribution >= 4 is 11.6 Å². The molecule has 0 spiro atoms. The van der Waals surface area contributed by atoms with E-state index in [9.17, 15) is 4.79 Å². The molecule has 1 aromatic carbocycles. The van der Waals surface area contributed by atoms with Crippen molar-refractivity contribution in [2.24, 2.45) is 5.73 Å². The Bertz CT molecular complexity index is 708. The van der Waals surface area contributed by atoms with Gasteiger partial charge in [-0.15, -0.1) is 0 Å². The van der Waals surface area contributed by atoms with Gasteiger partial charge in [0.2, 0.25) is 5.76 Å². The van der Waals surface area contributed by atoms with Crippen LogP contribution in [0.5, 0.6) is 0 Å². The second-order valence-corrected chi connectivity index (χ2v) is 4.45. The lowest BCUT2D eigenvalue weighted by Crippen LogP contribution is -2.13. The predicted octanol–water partition coefficient (Wildman–Crippen LogP) is 2.11. The first-order valence-electron chi connectivity index (χ1n) is 6.69. The van der Waals surface area contributed by atoms with Crippen molar-refractivity contribution in [1.82, 2.24) is 4.98 Å². The maximum Gasteiger partial charge on any atom is 0.293 e. The molecule has 1 aromatic heterocycles. The van der Waals surface area contributed by atoms with Gasteiger partial charge in [-0.25, -0.2) is 4.98 Å². The normalized spacial score (nSPS) is 9.86. The molecule has 0 bridgehead atoms. The van der Waals surface area contributed by atoms with Crippen molar-refractivity contribution in [3.05, 3.63) is 47.2 Å². The Kier molecular flexibility index (Phi) is 4.75. The average molecular weight is 283 g/mol. The number of amides is 1. The fraction of sp³-hybridized carbons (Fsp3) is 0.250. The quantitative estimate of drug-likeness (QED) is 0.845. The molecular formula is C16H17N3O2.